The van der Waals surface area contributed by atoms with Crippen LogP contribution in [0.5, 0.6) is 0 Å². The Morgan fingerprint density at radius 3 is 2.67 bits per heavy atom. The van der Waals surface area contributed by atoms with E-state index in [9.17, 15) is 0 Å². The maximum atomic E-state index is 5.90. The van der Waals surface area contributed by atoms with E-state index >= 15 is 0 Å². The number of nitrogens with two attached hydrogens (primary N) is 1. The molecule has 0 bridgehead atoms. The molecule has 0 aliphatic heterocycles. The van der Waals surface area contributed by atoms with Gasteiger partial charge in [0.1, 0.15) is 0 Å². The highest BCUT2D eigenvalue weighted by Crippen LogP contribution is 2.05. The second kappa shape index (κ2) is 7.43. The van der Waals surface area contributed by atoms with E-state index < -0.39 is 0 Å². The van der Waals surface area contributed by atoms with Gasteiger partial charge in [-0.2, -0.15) is 0 Å². The minimum absolute atomic E-state index is 0.189. The molecule has 0 aromatic heterocycles. The fourth-order valence-electron chi connectivity index (χ4n) is 1.57. The van der Waals surface area contributed by atoms with Crippen LogP contribution in [-0.4, -0.2) is 19.3 Å². The van der Waals surface area contributed by atoms with Gasteiger partial charge in [-0.25, -0.2) is 0 Å². The third kappa shape index (κ3) is 5.55. The molecule has 0 aliphatic rings. The van der Waals surface area contributed by atoms with Gasteiger partial charge in [0.25, 0.3) is 0 Å². The minimum Gasteiger partial charge on any atom is -0.380 e. The van der Waals surface area contributed by atoms with Crippen LogP contribution in [0.1, 0.15) is 25.3 Å². The molecule has 0 fully saturated rings. The van der Waals surface area contributed by atoms with Gasteiger partial charge in [0.15, 0.2) is 0 Å². The summed E-state index contributed by atoms with van der Waals surface area (Å²) in [5.41, 5.74) is 7.29. The van der Waals surface area contributed by atoms with Gasteiger partial charge in [-0.1, -0.05) is 30.3 Å². The average Bonchev–Trinajstić information content (AvgIpc) is 2.28. The smallest absolute Gasteiger partial charge is 0.0617 e. The average molecular weight is 207 g/mol. The Labute approximate surface area is 92.4 Å². The summed E-state index contributed by atoms with van der Waals surface area (Å²) in [6.07, 6.45) is 3.29. The summed E-state index contributed by atoms with van der Waals surface area (Å²) in [7, 11) is 0. The van der Waals surface area contributed by atoms with Gasteiger partial charge in [-0.15, -0.1) is 0 Å². The molecule has 0 heterocycles. The monoisotopic (exact) mass is 207 g/mol. The summed E-state index contributed by atoms with van der Waals surface area (Å²) in [5.74, 6) is 0. The van der Waals surface area contributed by atoms with Crippen LogP contribution < -0.4 is 5.73 Å². The van der Waals surface area contributed by atoms with Crippen LogP contribution in [0.3, 0.4) is 0 Å². The van der Waals surface area contributed by atoms with E-state index in [1.807, 2.05) is 13.0 Å². The topological polar surface area (TPSA) is 35.2 Å². The Hall–Kier alpha value is -0.860. The molecule has 0 saturated carbocycles. The zero-order valence-electron chi connectivity index (χ0n) is 9.49. The summed E-state index contributed by atoms with van der Waals surface area (Å²) in [6.45, 7) is 3.44. The summed E-state index contributed by atoms with van der Waals surface area (Å²) < 4.78 is 5.27. The van der Waals surface area contributed by atoms with Crippen molar-refractivity contribution in [2.24, 2.45) is 5.73 Å². The van der Waals surface area contributed by atoms with Crippen LogP contribution in [0.2, 0.25) is 0 Å². The molecule has 1 atom stereocenters. The largest absolute Gasteiger partial charge is 0.380 e. The van der Waals surface area contributed by atoms with Gasteiger partial charge in [0.05, 0.1) is 6.61 Å². The van der Waals surface area contributed by atoms with Gasteiger partial charge < -0.3 is 10.5 Å². The van der Waals surface area contributed by atoms with E-state index in [0.29, 0.717) is 6.61 Å². The van der Waals surface area contributed by atoms with E-state index in [2.05, 4.69) is 24.3 Å². The van der Waals surface area contributed by atoms with Crippen LogP contribution in [0, 0.1) is 0 Å². The Morgan fingerprint density at radius 1 is 1.27 bits per heavy atom. The highest BCUT2D eigenvalue weighted by atomic mass is 16.5. The number of ether oxygens (including phenoxy) is 1. The number of hydrogen-bond donors (Lipinski definition) is 1. The van der Waals surface area contributed by atoms with Gasteiger partial charge >= 0.3 is 0 Å². The lowest BCUT2D eigenvalue weighted by molar-refractivity contribution is 0.130. The minimum atomic E-state index is 0.189. The molecule has 0 spiro atoms. The van der Waals surface area contributed by atoms with Gasteiger partial charge in [-0.05, 0) is 31.7 Å². The highest BCUT2D eigenvalue weighted by molar-refractivity contribution is 5.14. The molecule has 2 nitrogen and oxygen atoms in total. The van der Waals surface area contributed by atoms with Crippen LogP contribution in [0.25, 0.3) is 0 Å². The van der Waals surface area contributed by atoms with Crippen molar-refractivity contribution in [2.45, 2.75) is 32.2 Å². The van der Waals surface area contributed by atoms with Gasteiger partial charge in [0.2, 0.25) is 0 Å². The van der Waals surface area contributed by atoms with E-state index in [1.165, 1.54) is 5.56 Å². The molecular formula is C13H21NO. The van der Waals surface area contributed by atoms with Gasteiger partial charge in [0, 0.05) is 12.6 Å². The van der Waals surface area contributed by atoms with Crippen LogP contribution >= 0.6 is 0 Å². The molecule has 1 aromatic carbocycles. The first-order valence-electron chi connectivity index (χ1n) is 5.70. The third-order valence-electron chi connectivity index (χ3n) is 2.42. The van der Waals surface area contributed by atoms with Crippen molar-refractivity contribution in [1.29, 1.82) is 0 Å². The van der Waals surface area contributed by atoms with Crippen molar-refractivity contribution in [2.75, 3.05) is 13.2 Å². The number of hydrogen-bond acceptors (Lipinski definition) is 2. The first-order chi connectivity index (χ1) is 7.33. The molecule has 2 N–H and O–H groups in total. The zero-order chi connectivity index (χ0) is 10.9. The number of aryl methyl sites for hydroxylation is 1. The molecule has 15 heavy (non-hydrogen) atoms. The van der Waals surface area contributed by atoms with Crippen LogP contribution in [-0.2, 0) is 11.2 Å². The molecule has 1 unspecified atom stereocenters. The van der Waals surface area contributed by atoms with Crippen molar-refractivity contribution < 1.29 is 4.74 Å². The van der Waals surface area contributed by atoms with Crippen LogP contribution in [0.4, 0.5) is 0 Å². The quantitative estimate of drug-likeness (QED) is 0.745. The van der Waals surface area contributed by atoms with Crippen LogP contribution in [0.15, 0.2) is 30.3 Å². The third-order valence-corrected chi connectivity index (χ3v) is 2.42. The first kappa shape index (κ1) is 12.2. The fourth-order valence-corrected chi connectivity index (χ4v) is 1.57. The summed E-state index contributed by atoms with van der Waals surface area (Å²) in [6, 6.07) is 10.7. The Morgan fingerprint density at radius 2 is 2.00 bits per heavy atom. The first-order valence-corrected chi connectivity index (χ1v) is 5.70. The van der Waals surface area contributed by atoms with Crippen molar-refractivity contribution in [3.63, 3.8) is 0 Å². The molecule has 0 amide bonds. The zero-order valence-corrected chi connectivity index (χ0v) is 9.49. The number of benzene rings is 1. The van der Waals surface area contributed by atoms with E-state index in [0.717, 1.165) is 25.9 Å². The Kier molecular flexibility index (Phi) is 6.05. The maximum Gasteiger partial charge on any atom is 0.0617 e. The van der Waals surface area contributed by atoms with E-state index in [1.54, 1.807) is 0 Å². The van der Waals surface area contributed by atoms with Gasteiger partial charge in [-0.3, -0.25) is 0 Å². The van der Waals surface area contributed by atoms with E-state index in [-0.39, 0.29) is 6.04 Å². The van der Waals surface area contributed by atoms with E-state index in [4.69, 9.17) is 10.5 Å². The fraction of sp³-hybridized carbons (Fsp3) is 0.538. The molecule has 0 saturated heterocycles. The van der Waals surface area contributed by atoms with Crippen molar-refractivity contribution in [1.82, 2.24) is 0 Å². The standard InChI is InChI=1S/C13H21NO/c1-2-15-11-13(14)10-6-9-12-7-4-3-5-8-12/h3-5,7-8,13H,2,6,9-11,14H2,1H3. The molecule has 0 aliphatic carbocycles. The molecule has 1 rings (SSSR count). The summed E-state index contributed by atoms with van der Waals surface area (Å²) in [5, 5.41) is 0. The lowest BCUT2D eigenvalue weighted by Crippen LogP contribution is -2.26. The lowest BCUT2D eigenvalue weighted by atomic mass is 10.1. The normalized spacial score (nSPS) is 12.7. The Balaban J connectivity index is 2.11. The molecule has 0 radical (unpaired) electrons. The predicted octanol–water partition coefficient (Wildman–Crippen LogP) is 2.37. The van der Waals surface area contributed by atoms with Crippen molar-refractivity contribution in [3.05, 3.63) is 35.9 Å². The lowest BCUT2D eigenvalue weighted by Gasteiger charge is -2.10. The second-order valence-corrected chi connectivity index (χ2v) is 3.80. The molecular weight excluding hydrogens is 186 g/mol. The second-order valence-electron chi connectivity index (χ2n) is 3.80. The SMILES string of the molecule is CCOCC(N)CCCc1ccccc1. The maximum absolute atomic E-state index is 5.90. The summed E-state index contributed by atoms with van der Waals surface area (Å²) >= 11 is 0. The van der Waals surface area contributed by atoms with Crippen molar-refractivity contribution in [3.8, 4) is 0 Å². The predicted molar refractivity (Wildman–Crippen MR) is 63.8 cm³/mol. The highest BCUT2D eigenvalue weighted by Gasteiger charge is 2.01. The molecule has 2 heteroatoms. The molecule has 84 valence electrons. The molecule has 1 aromatic rings. The Bertz CT molecular complexity index is 248. The number of rotatable bonds is 7. The summed E-state index contributed by atoms with van der Waals surface area (Å²) in [4.78, 5) is 0. The van der Waals surface area contributed by atoms with Crippen molar-refractivity contribution >= 4 is 0 Å².